The topological polar surface area (TPSA) is 94.9 Å². The van der Waals surface area contributed by atoms with Crippen LogP contribution < -0.4 is 11.1 Å². The Morgan fingerprint density at radius 3 is 1.72 bits per heavy atom. The number of hydrogen-bond donors (Lipinski definition) is 0. The van der Waals surface area contributed by atoms with E-state index in [1.165, 1.54) is 60.8 Å². The van der Waals surface area contributed by atoms with Crippen LogP contribution in [0.25, 0.3) is 53.9 Å². The molecule has 0 atom stereocenters. The molecule has 1 aliphatic heterocycles. The van der Waals surface area contributed by atoms with Crippen LogP contribution in [0.3, 0.4) is 0 Å². The van der Waals surface area contributed by atoms with Crippen molar-refractivity contribution in [2.45, 2.75) is 110 Å². The van der Waals surface area contributed by atoms with Gasteiger partial charge in [0.15, 0.2) is 0 Å². The van der Waals surface area contributed by atoms with E-state index in [0.29, 0.717) is 61.0 Å². The Kier molecular flexibility index (Phi) is 12.2. The fraction of sp³-hybridized carbons (Fsp3) is 0.478. The van der Waals surface area contributed by atoms with Crippen molar-refractivity contribution in [3.8, 4) is 0 Å². The van der Waals surface area contributed by atoms with Crippen LogP contribution in [-0.4, -0.2) is 54.3 Å². The van der Waals surface area contributed by atoms with Crippen LogP contribution in [0.2, 0.25) is 0 Å². The fourth-order valence-corrected chi connectivity index (χ4v) is 8.64. The van der Waals surface area contributed by atoms with Gasteiger partial charge in [0.2, 0.25) is 0 Å². The van der Waals surface area contributed by atoms with E-state index in [0.717, 1.165) is 52.6 Å². The van der Waals surface area contributed by atoms with Crippen molar-refractivity contribution in [1.82, 2.24) is 9.47 Å². The Morgan fingerprint density at radius 1 is 0.463 bits per heavy atom. The number of imide groups is 1. The summed E-state index contributed by atoms with van der Waals surface area (Å²) in [6.07, 6.45) is 15.5. The highest BCUT2D eigenvalue weighted by Gasteiger charge is 2.38. The van der Waals surface area contributed by atoms with Gasteiger partial charge in [-0.1, -0.05) is 121 Å². The molecule has 2 amide bonds. The maximum absolute atomic E-state index is 14.6. The SMILES string of the molecule is CCCCCCCCCCCCOCCCN1C(=O)c2ccc3c4cccc5cccc(c54)c4c5c(=O)n(CCCOCCCC)c(=O)c5c(c2c34)C1=O. The maximum atomic E-state index is 14.6. The summed E-state index contributed by atoms with van der Waals surface area (Å²) in [4.78, 5) is 58.9. The molecule has 0 fully saturated rings. The third-order valence-corrected chi connectivity index (χ3v) is 11.4. The summed E-state index contributed by atoms with van der Waals surface area (Å²) in [5.41, 5.74) is -0.339. The summed E-state index contributed by atoms with van der Waals surface area (Å²) < 4.78 is 13.0. The lowest BCUT2D eigenvalue weighted by Gasteiger charge is -2.29. The Bertz CT molecular complexity index is 2370. The standard InChI is InChI=1S/C46H54N2O6/c1-3-5-7-8-9-10-11-12-13-14-28-54-30-17-25-47-43(49)35-24-23-33-32-21-15-19-31-20-16-22-34(36(31)32)38-37(33)39(35)41(44(47)50)42-40(38)45(51)48(46(42)52)26-18-29-53-27-6-4-2/h15-16,19-24H,3-14,17-18,25-30H2,1-2H3. The molecule has 1 aliphatic rings. The van der Waals surface area contributed by atoms with Crippen molar-refractivity contribution in [1.29, 1.82) is 0 Å². The van der Waals surface area contributed by atoms with E-state index in [4.69, 9.17) is 9.47 Å². The van der Waals surface area contributed by atoms with Gasteiger partial charge in [-0.05, 0) is 64.1 Å². The summed E-state index contributed by atoms with van der Waals surface area (Å²) in [7, 11) is 0. The summed E-state index contributed by atoms with van der Waals surface area (Å²) in [6, 6.07) is 15.8. The van der Waals surface area contributed by atoms with E-state index in [1.54, 1.807) is 6.07 Å². The number of unbranched alkanes of at least 4 members (excludes halogenated alkanes) is 10. The van der Waals surface area contributed by atoms with Gasteiger partial charge in [0.25, 0.3) is 22.9 Å². The number of ether oxygens (including phenoxy) is 2. The molecule has 6 aromatic rings. The van der Waals surface area contributed by atoms with Crippen LogP contribution >= 0.6 is 0 Å². The molecule has 0 spiro atoms. The number of fused-ring (bicyclic) bond motifs is 5. The Morgan fingerprint density at radius 2 is 1.02 bits per heavy atom. The second-order valence-electron chi connectivity index (χ2n) is 15.1. The predicted octanol–water partition coefficient (Wildman–Crippen LogP) is 9.98. The number of amides is 2. The minimum Gasteiger partial charge on any atom is -0.381 e. The minimum atomic E-state index is -0.523. The molecule has 0 radical (unpaired) electrons. The number of nitrogens with zero attached hydrogens (tertiary/aromatic N) is 2. The van der Waals surface area contributed by atoms with Gasteiger partial charge in [-0.25, -0.2) is 0 Å². The van der Waals surface area contributed by atoms with Gasteiger partial charge >= 0.3 is 0 Å². The van der Waals surface area contributed by atoms with Crippen molar-refractivity contribution in [3.05, 3.63) is 80.4 Å². The molecule has 0 N–H and O–H groups in total. The molecule has 1 aromatic heterocycles. The molecule has 8 nitrogen and oxygen atoms in total. The van der Waals surface area contributed by atoms with E-state index in [2.05, 4.69) is 13.8 Å². The zero-order valence-electron chi connectivity index (χ0n) is 32.1. The zero-order valence-corrected chi connectivity index (χ0v) is 32.1. The number of hydrogen-bond acceptors (Lipinski definition) is 6. The van der Waals surface area contributed by atoms with E-state index >= 15 is 0 Å². The Hall–Kier alpha value is -4.40. The van der Waals surface area contributed by atoms with Gasteiger partial charge in [0.1, 0.15) is 0 Å². The van der Waals surface area contributed by atoms with Crippen molar-refractivity contribution in [2.75, 3.05) is 33.0 Å². The fourth-order valence-electron chi connectivity index (χ4n) is 8.64. The number of carbonyl (C=O) groups is 2. The molecule has 7 rings (SSSR count). The van der Waals surface area contributed by atoms with Gasteiger partial charge in [-0.15, -0.1) is 0 Å². The Labute approximate surface area is 317 Å². The van der Waals surface area contributed by atoms with Crippen LogP contribution in [0.15, 0.2) is 58.1 Å². The van der Waals surface area contributed by atoms with E-state index in [9.17, 15) is 19.2 Å². The lowest BCUT2D eigenvalue weighted by atomic mass is 9.82. The molecule has 54 heavy (non-hydrogen) atoms. The van der Waals surface area contributed by atoms with Gasteiger partial charge in [-0.3, -0.25) is 28.6 Å². The van der Waals surface area contributed by atoms with Crippen LogP contribution in [-0.2, 0) is 16.0 Å². The second kappa shape index (κ2) is 17.4. The Balaban J connectivity index is 1.17. The molecule has 8 heteroatoms. The molecule has 0 saturated carbocycles. The highest BCUT2D eigenvalue weighted by Crippen LogP contribution is 2.46. The summed E-state index contributed by atoms with van der Waals surface area (Å²) >= 11 is 0. The molecule has 5 aromatic carbocycles. The highest BCUT2D eigenvalue weighted by molar-refractivity contribution is 6.44. The average Bonchev–Trinajstić information content (AvgIpc) is 3.43. The number of benzene rings is 5. The summed E-state index contributed by atoms with van der Waals surface area (Å²) in [5.74, 6) is -0.903. The van der Waals surface area contributed by atoms with Gasteiger partial charge in [0, 0.05) is 55.9 Å². The van der Waals surface area contributed by atoms with Crippen molar-refractivity contribution in [2.24, 2.45) is 0 Å². The van der Waals surface area contributed by atoms with E-state index in [1.807, 2.05) is 42.5 Å². The third kappa shape index (κ3) is 7.11. The number of aromatic nitrogens is 1. The van der Waals surface area contributed by atoms with Gasteiger partial charge in [0.05, 0.1) is 16.3 Å². The highest BCUT2D eigenvalue weighted by atomic mass is 16.5. The smallest absolute Gasteiger partial charge is 0.262 e. The monoisotopic (exact) mass is 730 g/mol. The molecule has 284 valence electrons. The summed E-state index contributed by atoms with van der Waals surface area (Å²) in [5, 5.41) is 6.87. The van der Waals surface area contributed by atoms with Crippen LogP contribution in [0, 0.1) is 0 Å². The van der Waals surface area contributed by atoms with Crippen LogP contribution in [0.5, 0.6) is 0 Å². The maximum Gasteiger partial charge on any atom is 0.262 e. The first-order valence-corrected chi connectivity index (χ1v) is 20.6. The molecule has 0 saturated heterocycles. The van der Waals surface area contributed by atoms with Crippen LogP contribution in [0.4, 0.5) is 0 Å². The zero-order chi connectivity index (χ0) is 37.6. The number of rotatable bonds is 22. The molecular formula is C46H54N2O6. The lowest BCUT2D eigenvalue weighted by Crippen LogP contribution is -2.41. The first-order chi connectivity index (χ1) is 26.5. The first kappa shape index (κ1) is 37.9. The van der Waals surface area contributed by atoms with Crippen molar-refractivity contribution in [3.63, 3.8) is 0 Å². The summed E-state index contributed by atoms with van der Waals surface area (Å²) in [6.45, 7) is 6.85. The van der Waals surface area contributed by atoms with E-state index < -0.39 is 17.0 Å². The third-order valence-electron chi connectivity index (χ3n) is 11.4. The van der Waals surface area contributed by atoms with Crippen LogP contribution in [0.1, 0.15) is 124 Å². The minimum absolute atomic E-state index is 0.115. The lowest BCUT2D eigenvalue weighted by molar-refractivity contribution is 0.0583. The second-order valence-corrected chi connectivity index (χ2v) is 15.1. The molecule has 0 unspecified atom stereocenters. The largest absolute Gasteiger partial charge is 0.381 e. The average molecular weight is 731 g/mol. The predicted molar refractivity (Wildman–Crippen MR) is 220 cm³/mol. The van der Waals surface area contributed by atoms with Gasteiger partial charge < -0.3 is 9.47 Å². The van der Waals surface area contributed by atoms with Crippen molar-refractivity contribution < 1.29 is 19.1 Å². The van der Waals surface area contributed by atoms with E-state index in [-0.39, 0.29) is 35.3 Å². The molecule has 2 heterocycles. The van der Waals surface area contributed by atoms with Gasteiger partial charge in [-0.2, -0.15) is 0 Å². The normalized spacial score (nSPS) is 13.3. The first-order valence-electron chi connectivity index (χ1n) is 20.6. The van der Waals surface area contributed by atoms with Crippen molar-refractivity contribution >= 4 is 65.7 Å². The quantitative estimate of drug-likeness (QED) is 0.0299. The number of carbonyl (C=O) groups excluding carboxylic acids is 2. The molecule has 0 aliphatic carbocycles. The molecule has 0 bridgehead atoms. The molecular weight excluding hydrogens is 677 g/mol.